The van der Waals surface area contributed by atoms with Crippen LogP contribution in [0.25, 0.3) is 0 Å². The maximum Gasteiger partial charge on any atom is 0.162 e. The number of anilines is 2. The summed E-state index contributed by atoms with van der Waals surface area (Å²) >= 11 is 0. The highest BCUT2D eigenvalue weighted by Crippen LogP contribution is 2.37. The highest BCUT2D eigenvalue weighted by Gasteiger charge is 2.24. The van der Waals surface area contributed by atoms with Gasteiger partial charge in [0.1, 0.15) is 0 Å². The molecule has 0 saturated carbocycles. The van der Waals surface area contributed by atoms with Crippen molar-refractivity contribution in [1.29, 1.82) is 0 Å². The molecule has 1 aromatic carbocycles. The molecule has 1 saturated heterocycles. The highest BCUT2D eigenvalue weighted by molar-refractivity contribution is 7.91. The minimum atomic E-state index is -2.90. The third kappa shape index (κ3) is 2.86. The fraction of sp³-hybridized carbons (Fsp3) is 0.500. The number of nitrogen functional groups attached to an aromatic ring is 1. The number of nitrogens with two attached hydrogens (primary N) is 1. The van der Waals surface area contributed by atoms with Gasteiger partial charge in [-0.15, -0.1) is 0 Å². The van der Waals surface area contributed by atoms with Crippen molar-refractivity contribution in [3.05, 3.63) is 12.1 Å². The Morgan fingerprint density at radius 1 is 1.11 bits per heavy atom. The molecule has 1 aromatic rings. The molecule has 0 atom stereocenters. The first kappa shape index (κ1) is 13.8. The minimum Gasteiger partial charge on any atom is -0.493 e. The first-order chi connectivity index (χ1) is 8.96. The van der Waals surface area contributed by atoms with Crippen molar-refractivity contribution >= 4 is 21.2 Å². The zero-order valence-corrected chi connectivity index (χ0v) is 11.9. The van der Waals surface area contributed by atoms with Crippen LogP contribution in [0.4, 0.5) is 11.4 Å². The number of ether oxygens (including phenoxy) is 2. The van der Waals surface area contributed by atoms with Gasteiger partial charge in [-0.05, 0) is 0 Å². The van der Waals surface area contributed by atoms with Gasteiger partial charge >= 0.3 is 0 Å². The van der Waals surface area contributed by atoms with Crippen LogP contribution < -0.4 is 20.1 Å². The number of rotatable bonds is 3. The molecule has 0 amide bonds. The summed E-state index contributed by atoms with van der Waals surface area (Å²) in [6.45, 7) is 0.893. The number of methoxy groups -OCH3 is 2. The molecule has 2 N–H and O–H groups in total. The van der Waals surface area contributed by atoms with Gasteiger partial charge < -0.3 is 20.1 Å². The van der Waals surface area contributed by atoms with Crippen LogP contribution in [0.1, 0.15) is 0 Å². The Balaban J connectivity index is 2.30. The Bertz CT molecular complexity index is 557. The molecule has 0 bridgehead atoms. The average Bonchev–Trinajstić information content (AvgIpc) is 2.39. The summed E-state index contributed by atoms with van der Waals surface area (Å²) in [7, 11) is 0.197. The SMILES string of the molecule is COc1cc(N)c(N2CCS(=O)(=O)CC2)cc1OC. The summed E-state index contributed by atoms with van der Waals surface area (Å²) in [6, 6.07) is 3.48. The van der Waals surface area contributed by atoms with E-state index >= 15 is 0 Å². The molecule has 0 aliphatic carbocycles. The van der Waals surface area contributed by atoms with Gasteiger partial charge in [0.2, 0.25) is 0 Å². The second-order valence-corrected chi connectivity index (χ2v) is 6.71. The number of sulfone groups is 1. The molecule has 19 heavy (non-hydrogen) atoms. The first-order valence-electron chi connectivity index (χ1n) is 5.93. The lowest BCUT2D eigenvalue weighted by atomic mass is 10.2. The lowest BCUT2D eigenvalue weighted by molar-refractivity contribution is 0.355. The average molecular weight is 286 g/mol. The molecule has 0 spiro atoms. The Kier molecular flexibility index (Phi) is 3.75. The third-order valence-electron chi connectivity index (χ3n) is 3.22. The maximum absolute atomic E-state index is 11.4. The molecule has 1 fully saturated rings. The molecule has 0 unspecified atom stereocenters. The third-order valence-corrected chi connectivity index (χ3v) is 4.83. The van der Waals surface area contributed by atoms with Gasteiger partial charge in [-0.1, -0.05) is 0 Å². The van der Waals surface area contributed by atoms with Crippen molar-refractivity contribution in [2.45, 2.75) is 0 Å². The molecule has 106 valence electrons. The van der Waals surface area contributed by atoms with Crippen molar-refractivity contribution < 1.29 is 17.9 Å². The normalized spacial score (nSPS) is 18.1. The van der Waals surface area contributed by atoms with Gasteiger partial charge in [0.15, 0.2) is 21.3 Å². The van der Waals surface area contributed by atoms with E-state index in [0.29, 0.717) is 30.3 Å². The number of hydrogen-bond donors (Lipinski definition) is 1. The van der Waals surface area contributed by atoms with E-state index in [-0.39, 0.29) is 11.5 Å². The summed E-state index contributed by atoms with van der Waals surface area (Å²) < 4.78 is 33.3. The Morgan fingerprint density at radius 3 is 2.16 bits per heavy atom. The second-order valence-electron chi connectivity index (χ2n) is 4.40. The van der Waals surface area contributed by atoms with Crippen molar-refractivity contribution in [1.82, 2.24) is 0 Å². The molecule has 7 heteroatoms. The zero-order valence-electron chi connectivity index (χ0n) is 11.0. The quantitative estimate of drug-likeness (QED) is 0.816. The molecule has 0 radical (unpaired) electrons. The highest BCUT2D eigenvalue weighted by atomic mass is 32.2. The van der Waals surface area contributed by atoms with Gasteiger partial charge in [-0.25, -0.2) is 8.42 Å². The lowest BCUT2D eigenvalue weighted by Gasteiger charge is -2.30. The first-order valence-corrected chi connectivity index (χ1v) is 7.76. The Hall–Kier alpha value is -1.63. The van der Waals surface area contributed by atoms with E-state index in [1.54, 1.807) is 26.4 Å². The molecule has 0 aromatic heterocycles. The Labute approximate surface area is 113 Å². The van der Waals surface area contributed by atoms with E-state index in [4.69, 9.17) is 15.2 Å². The summed E-state index contributed by atoms with van der Waals surface area (Å²) in [5, 5.41) is 0. The van der Waals surface area contributed by atoms with E-state index in [1.807, 2.05) is 4.90 Å². The molecule has 1 aliphatic heterocycles. The smallest absolute Gasteiger partial charge is 0.162 e. The van der Waals surface area contributed by atoms with E-state index in [9.17, 15) is 8.42 Å². The molecule has 1 heterocycles. The van der Waals surface area contributed by atoms with Gasteiger partial charge in [0.25, 0.3) is 0 Å². The van der Waals surface area contributed by atoms with Crippen LogP contribution in [0.15, 0.2) is 12.1 Å². The van der Waals surface area contributed by atoms with Crippen LogP contribution in [0, 0.1) is 0 Å². The largest absolute Gasteiger partial charge is 0.493 e. The summed E-state index contributed by atoms with van der Waals surface area (Å²) in [5.74, 6) is 1.45. The molecule has 1 aliphatic rings. The maximum atomic E-state index is 11.4. The standard InChI is InChI=1S/C12H18N2O4S/c1-17-11-7-9(13)10(8-12(11)18-2)14-3-5-19(15,16)6-4-14/h7-8H,3-6,13H2,1-2H3. The van der Waals surface area contributed by atoms with E-state index in [0.717, 1.165) is 5.69 Å². The fourth-order valence-corrected chi connectivity index (χ4v) is 3.31. The minimum absolute atomic E-state index is 0.154. The summed E-state index contributed by atoms with van der Waals surface area (Å²) in [6.07, 6.45) is 0. The van der Waals surface area contributed by atoms with E-state index in [1.165, 1.54) is 0 Å². The van der Waals surface area contributed by atoms with E-state index in [2.05, 4.69) is 0 Å². The second kappa shape index (κ2) is 5.16. The van der Waals surface area contributed by atoms with Gasteiger partial charge in [0, 0.05) is 25.2 Å². The van der Waals surface area contributed by atoms with Crippen molar-refractivity contribution in [2.75, 3.05) is 49.4 Å². The topological polar surface area (TPSA) is 81.9 Å². The van der Waals surface area contributed by atoms with Crippen molar-refractivity contribution in [3.8, 4) is 11.5 Å². The van der Waals surface area contributed by atoms with Crippen molar-refractivity contribution in [2.24, 2.45) is 0 Å². The van der Waals surface area contributed by atoms with E-state index < -0.39 is 9.84 Å². The number of benzene rings is 1. The van der Waals surface area contributed by atoms with Crippen LogP contribution in [0.2, 0.25) is 0 Å². The lowest BCUT2D eigenvalue weighted by Crippen LogP contribution is -2.40. The van der Waals surface area contributed by atoms with Gasteiger partial charge in [0.05, 0.1) is 37.1 Å². The van der Waals surface area contributed by atoms with Crippen LogP contribution >= 0.6 is 0 Å². The summed E-state index contributed by atoms with van der Waals surface area (Å²) in [4.78, 5) is 1.96. The van der Waals surface area contributed by atoms with Crippen molar-refractivity contribution in [3.63, 3.8) is 0 Å². The number of nitrogens with zero attached hydrogens (tertiary/aromatic N) is 1. The van der Waals surface area contributed by atoms with Crippen LogP contribution in [0.3, 0.4) is 0 Å². The van der Waals surface area contributed by atoms with Crippen LogP contribution in [0.5, 0.6) is 11.5 Å². The Morgan fingerprint density at radius 2 is 1.63 bits per heavy atom. The molecule has 2 rings (SSSR count). The van der Waals surface area contributed by atoms with Crippen LogP contribution in [-0.2, 0) is 9.84 Å². The molecular weight excluding hydrogens is 268 g/mol. The molecular formula is C12H18N2O4S. The van der Waals surface area contributed by atoms with Crippen LogP contribution in [-0.4, -0.2) is 47.2 Å². The predicted octanol–water partition coefficient (Wildman–Crippen LogP) is 0.521. The van der Waals surface area contributed by atoms with Gasteiger partial charge in [-0.3, -0.25) is 0 Å². The molecule has 6 nitrogen and oxygen atoms in total. The monoisotopic (exact) mass is 286 g/mol. The number of hydrogen-bond acceptors (Lipinski definition) is 6. The van der Waals surface area contributed by atoms with Gasteiger partial charge in [-0.2, -0.15) is 0 Å². The fourth-order valence-electron chi connectivity index (χ4n) is 2.11. The summed E-state index contributed by atoms with van der Waals surface area (Å²) in [5.41, 5.74) is 7.33. The zero-order chi connectivity index (χ0) is 14.0. The predicted molar refractivity (Wildman–Crippen MR) is 74.8 cm³/mol.